The monoisotopic (exact) mass is 343 g/mol. The van der Waals surface area contributed by atoms with Gasteiger partial charge in [-0.25, -0.2) is 0 Å². The lowest BCUT2D eigenvalue weighted by atomic mass is 10.1. The number of carbonyl (C=O) groups is 2. The zero-order valence-electron chi connectivity index (χ0n) is 15.5. The molecule has 0 radical (unpaired) electrons. The minimum atomic E-state index is -0.0174. The number of hydrogen-bond donors (Lipinski definition) is 0. The van der Waals surface area contributed by atoms with Gasteiger partial charge in [-0.05, 0) is 50.3 Å². The van der Waals surface area contributed by atoms with E-state index in [4.69, 9.17) is 0 Å². The van der Waals surface area contributed by atoms with Crippen molar-refractivity contribution in [3.8, 4) is 0 Å². The number of piperidine rings is 1. The Kier molecular flexibility index (Phi) is 5.61. The van der Waals surface area contributed by atoms with Crippen LogP contribution < -0.4 is 4.90 Å². The Morgan fingerprint density at radius 2 is 1.44 bits per heavy atom. The Labute approximate surface area is 150 Å². The first-order valence-electron chi connectivity index (χ1n) is 9.43. The summed E-state index contributed by atoms with van der Waals surface area (Å²) in [6.45, 7) is 8.95. The lowest BCUT2D eigenvalue weighted by Crippen LogP contribution is -2.50. The zero-order chi connectivity index (χ0) is 17.8. The Hall–Kier alpha value is -2.04. The summed E-state index contributed by atoms with van der Waals surface area (Å²) in [5, 5.41) is 0. The molecule has 0 saturated carbocycles. The number of benzene rings is 1. The molecular weight excluding hydrogens is 314 g/mol. The van der Waals surface area contributed by atoms with E-state index in [-0.39, 0.29) is 18.2 Å². The SMILES string of the molecule is Cc1cccc(N2CCN(C(=O)CC(=O)N3CCCCC3)CC2)c1C. The van der Waals surface area contributed by atoms with Gasteiger partial charge in [-0.3, -0.25) is 9.59 Å². The molecule has 1 aromatic carbocycles. The molecule has 5 heteroatoms. The van der Waals surface area contributed by atoms with Crippen LogP contribution in [-0.2, 0) is 9.59 Å². The van der Waals surface area contributed by atoms with Gasteiger partial charge in [-0.15, -0.1) is 0 Å². The van der Waals surface area contributed by atoms with Crippen LogP contribution in [0.5, 0.6) is 0 Å². The third kappa shape index (κ3) is 4.14. The van der Waals surface area contributed by atoms with Gasteiger partial charge in [-0.1, -0.05) is 12.1 Å². The van der Waals surface area contributed by atoms with E-state index < -0.39 is 0 Å². The van der Waals surface area contributed by atoms with E-state index >= 15 is 0 Å². The molecule has 1 aromatic rings. The summed E-state index contributed by atoms with van der Waals surface area (Å²) in [7, 11) is 0. The second-order valence-electron chi connectivity index (χ2n) is 7.21. The van der Waals surface area contributed by atoms with Crippen molar-refractivity contribution in [2.45, 2.75) is 39.5 Å². The molecule has 2 fully saturated rings. The van der Waals surface area contributed by atoms with E-state index in [1.807, 2.05) is 9.80 Å². The Morgan fingerprint density at radius 1 is 0.840 bits per heavy atom. The number of nitrogens with zero attached hydrogens (tertiary/aromatic N) is 3. The van der Waals surface area contributed by atoms with Crippen molar-refractivity contribution in [1.29, 1.82) is 0 Å². The second kappa shape index (κ2) is 7.89. The van der Waals surface area contributed by atoms with Crippen molar-refractivity contribution in [3.05, 3.63) is 29.3 Å². The van der Waals surface area contributed by atoms with Gasteiger partial charge in [0.1, 0.15) is 6.42 Å². The predicted octanol–water partition coefficient (Wildman–Crippen LogP) is 2.35. The van der Waals surface area contributed by atoms with Crippen LogP contribution in [0.15, 0.2) is 18.2 Å². The van der Waals surface area contributed by atoms with E-state index in [1.54, 1.807) is 0 Å². The summed E-state index contributed by atoms with van der Waals surface area (Å²) in [6.07, 6.45) is 3.35. The largest absolute Gasteiger partial charge is 0.368 e. The molecule has 2 aliphatic heterocycles. The number of anilines is 1. The van der Waals surface area contributed by atoms with Crippen LogP contribution >= 0.6 is 0 Å². The highest BCUT2D eigenvalue weighted by Gasteiger charge is 2.26. The Balaban J connectivity index is 1.52. The first kappa shape index (κ1) is 17.8. The summed E-state index contributed by atoms with van der Waals surface area (Å²) in [6, 6.07) is 6.37. The van der Waals surface area contributed by atoms with E-state index in [2.05, 4.69) is 36.9 Å². The van der Waals surface area contributed by atoms with Crippen molar-refractivity contribution in [2.24, 2.45) is 0 Å². The van der Waals surface area contributed by atoms with E-state index in [0.29, 0.717) is 13.1 Å². The van der Waals surface area contributed by atoms with Gasteiger partial charge in [0.2, 0.25) is 11.8 Å². The highest BCUT2D eigenvalue weighted by molar-refractivity contribution is 5.97. The van der Waals surface area contributed by atoms with Crippen molar-refractivity contribution >= 4 is 17.5 Å². The number of rotatable bonds is 3. The topological polar surface area (TPSA) is 43.9 Å². The normalized spacial score (nSPS) is 18.4. The quantitative estimate of drug-likeness (QED) is 0.792. The smallest absolute Gasteiger partial charge is 0.232 e. The molecule has 0 unspecified atom stereocenters. The molecule has 5 nitrogen and oxygen atoms in total. The number of hydrogen-bond acceptors (Lipinski definition) is 3. The summed E-state index contributed by atoms with van der Waals surface area (Å²) in [5.41, 5.74) is 3.86. The van der Waals surface area contributed by atoms with Crippen LogP contribution in [0.25, 0.3) is 0 Å². The van der Waals surface area contributed by atoms with Crippen LogP contribution in [0, 0.1) is 13.8 Å². The maximum absolute atomic E-state index is 12.5. The molecule has 0 aromatic heterocycles. The molecule has 2 heterocycles. The third-order valence-corrected chi connectivity index (χ3v) is 5.56. The summed E-state index contributed by atoms with van der Waals surface area (Å²) in [4.78, 5) is 30.8. The fourth-order valence-corrected chi connectivity index (χ4v) is 3.77. The lowest BCUT2D eigenvalue weighted by Gasteiger charge is -2.37. The minimum Gasteiger partial charge on any atom is -0.368 e. The molecule has 0 atom stereocenters. The van der Waals surface area contributed by atoms with Crippen LogP contribution in [0.3, 0.4) is 0 Å². The number of amides is 2. The van der Waals surface area contributed by atoms with Gasteiger partial charge in [-0.2, -0.15) is 0 Å². The van der Waals surface area contributed by atoms with Crippen LogP contribution in [-0.4, -0.2) is 60.9 Å². The number of piperazine rings is 1. The van der Waals surface area contributed by atoms with Gasteiger partial charge < -0.3 is 14.7 Å². The summed E-state index contributed by atoms with van der Waals surface area (Å²) < 4.78 is 0. The first-order chi connectivity index (χ1) is 12.1. The average molecular weight is 343 g/mol. The summed E-state index contributed by atoms with van der Waals surface area (Å²) in [5.74, 6) is -0.0159. The van der Waals surface area contributed by atoms with Gasteiger partial charge in [0.25, 0.3) is 0 Å². The standard InChI is InChI=1S/C20H29N3O2/c1-16-7-6-8-18(17(16)2)21-11-13-23(14-12-21)20(25)15-19(24)22-9-4-3-5-10-22/h6-8H,3-5,9-15H2,1-2H3. The van der Waals surface area contributed by atoms with Crippen LogP contribution in [0.4, 0.5) is 5.69 Å². The van der Waals surface area contributed by atoms with Gasteiger partial charge in [0.15, 0.2) is 0 Å². The molecule has 3 rings (SSSR count). The molecular formula is C20H29N3O2. The molecule has 2 aliphatic rings. The van der Waals surface area contributed by atoms with Crippen LogP contribution in [0.1, 0.15) is 36.8 Å². The van der Waals surface area contributed by atoms with E-state index in [1.165, 1.54) is 23.2 Å². The Morgan fingerprint density at radius 3 is 2.08 bits per heavy atom. The lowest BCUT2D eigenvalue weighted by molar-refractivity contribution is -0.141. The average Bonchev–Trinajstić information content (AvgIpc) is 2.65. The zero-order valence-corrected chi connectivity index (χ0v) is 15.5. The van der Waals surface area contributed by atoms with Crippen molar-refractivity contribution in [1.82, 2.24) is 9.80 Å². The number of likely N-dealkylation sites (tertiary alicyclic amines) is 1. The van der Waals surface area contributed by atoms with Crippen molar-refractivity contribution in [2.75, 3.05) is 44.2 Å². The molecule has 0 N–H and O–H groups in total. The van der Waals surface area contributed by atoms with Crippen LogP contribution in [0.2, 0.25) is 0 Å². The number of aryl methyl sites for hydroxylation is 1. The molecule has 2 saturated heterocycles. The van der Waals surface area contributed by atoms with Gasteiger partial charge in [0.05, 0.1) is 0 Å². The third-order valence-electron chi connectivity index (χ3n) is 5.56. The summed E-state index contributed by atoms with van der Waals surface area (Å²) >= 11 is 0. The van der Waals surface area contributed by atoms with Gasteiger partial charge >= 0.3 is 0 Å². The van der Waals surface area contributed by atoms with Crippen molar-refractivity contribution < 1.29 is 9.59 Å². The second-order valence-corrected chi connectivity index (χ2v) is 7.21. The predicted molar refractivity (Wildman–Crippen MR) is 99.8 cm³/mol. The fraction of sp³-hybridized carbons (Fsp3) is 0.600. The fourth-order valence-electron chi connectivity index (χ4n) is 3.77. The molecule has 136 valence electrons. The minimum absolute atomic E-state index is 0.00154. The molecule has 2 amide bonds. The van der Waals surface area contributed by atoms with E-state index in [9.17, 15) is 9.59 Å². The maximum atomic E-state index is 12.5. The van der Waals surface area contributed by atoms with Gasteiger partial charge in [0, 0.05) is 45.0 Å². The van der Waals surface area contributed by atoms with Crippen molar-refractivity contribution in [3.63, 3.8) is 0 Å². The first-order valence-corrected chi connectivity index (χ1v) is 9.43. The molecule has 25 heavy (non-hydrogen) atoms. The highest BCUT2D eigenvalue weighted by atomic mass is 16.2. The molecule has 0 spiro atoms. The van der Waals surface area contributed by atoms with E-state index in [0.717, 1.165) is 39.0 Å². The molecule has 0 aliphatic carbocycles. The molecule has 0 bridgehead atoms. The number of carbonyl (C=O) groups excluding carboxylic acids is 2. The Bertz CT molecular complexity index is 630. The highest BCUT2D eigenvalue weighted by Crippen LogP contribution is 2.24. The maximum Gasteiger partial charge on any atom is 0.232 e.